The van der Waals surface area contributed by atoms with E-state index in [1.54, 1.807) is 0 Å². The zero-order valence-electron chi connectivity index (χ0n) is 10.6. The van der Waals surface area contributed by atoms with E-state index in [0.29, 0.717) is 0 Å². The molecular weight excluding hydrogens is 210 g/mol. The summed E-state index contributed by atoms with van der Waals surface area (Å²) < 4.78 is 6.12. The smallest absolute Gasteiger partial charge is 0.0691 e. The van der Waals surface area contributed by atoms with Gasteiger partial charge in [-0.15, -0.1) is 0 Å². The van der Waals surface area contributed by atoms with E-state index in [9.17, 15) is 0 Å². The molecule has 2 heteroatoms. The van der Waals surface area contributed by atoms with Gasteiger partial charge in [0.15, 0.2) is 0 Å². The zero-order valence-corrected chi connectivity index (χ0v) is 10.6. The van der Waals surface area contributed by atoms with Crippen molar-refractivity contribution < 1.29 is 4.74 Å². The fourth-order valence-corrected chi connectivity index (χ4v) is 3.62. The van der Waals surface area contributed by atoms with Crippen LogP contribution in [0.1, 0.15) is 51.1 Å². The minimum Gasteiger partial charge on any atom is -0.375 e. The molecule has 0 N–H and O–H groups in total. The number of nitrogens with zero attached hydrogens (tertiary/aromatic N) is 1. The average molecular weight is 231 g/mol. The highest BCUT2D eigenvalue weighted by molar-refractivity contribution is 5.18. The summed E-state index contributed by atoms with van der Waals surface area (Å²) in [6.07, 6.45) is 9.32. The van der Waals surface area contributed by atoms with Crippen molar-refractivity contribution in [3.63, 3.8) is 0 Å². The minimum absolute atomic E-state index is 0.171. The fraction of sp³-hybridized carbons (Fsp3) is 0.667. The van der Waals surface area contributed by atoms with Crippen LogP contribution in [-0.4, -0.2) is 17.2 Å². The Balaban J connectivity index is 1.87. The van der Waals surface area contributed by atoms with E-state index in [2.05, 4.69) is 24.0 Å². The van der Waals surface area contributed by atoms with E-state index in [-0.39, 0.29) is 11.0 Å². The molecule has 1 atom stereocenters. The maximum absolute atomic E-state index is 6.12. The standard InChI is InChI=1S/C15H21NO/c1-14(13-6-2-5-10-16-13)9-11-17-15(12-14)7-3-4-8-15/h2,5-6,10H,3-4,7-9,11-12H2,1H3. The summed E-state index contributed by atoms with van der Waals surface area (Å²) in [4.78, 5) is 4.57. The van der Waals surface area contributed by atoms with Gasteiger partial charge < -0.3 is 4.74 Å². The summed E-state index contributed by atoms with van der Waals surface area (Å²) in [5.74, 6) is 0. The number of aromatic nitrogens is 1. The quantitative estimate of drug-likeness (QED) is 0.738. The van der Waals surface area contributed by atoms with Crippen molar-refractivity contribution in [1.82, 2.24) is 4.98 Å². The average Bonchev–Trinajstić information content (AvgIpc) is 2.78. The van der Waals surface area contributed by atoms with Crippen molar-refractivity contribution in [3.8, 4) is 0 Å². The van der Waals surface area contributed by atoms with Crippen molar-refractivity contribution in [2.75, 3.05) is 6.61 Å². The summed E-state index contributed by atoms with van der Waals surface area (Å²) in [5, 5.41) is 0. The lowest BCUT2D eigenvalue weighted by Crippen LogP contribution is -2.44. The molecule has 1 aliphatic carbocycles. The Hall–Kier alpha value is -0.890. The monoisotopic (exact) mass is 231 g/mol. The van der Waals surface area contributed by atoms with Crippen LogP contribution >= 0.6 is 0 Å². The third kappa shape index (κ3) is 1.99. The molecule has 2 aliphatic rings. The van der Waals surface area contributed by atoms with Crippen molar-refractivity contribution in [1.29, 1.82) is 0 Å². The second-order valence-electron chi connectivity index (χ2n) is 5.94. The van der Waals surface area contributed by atoms with Crippen LogP contribution in [0.3, 0.4) is 0 Å². The van der Waals surface area contributed by atoms with Gasteiger partial charge in [0, 0.05) is 23.9 Å². The molecule has 17 heavy (non-hydrogen) atoms. The van der Waals surface area contributed by atoms with Gasteiger partial charge in [0.1, 0.15) is 0 Å². The SMILES string of the molecule is CC1(c2ccccn2)CCOC2(CCCC2)C1. The lowest BCUT2D eigenvalue weighted by molar-refractivity contribution is -0.0992. The van der Waals surface area contributed by atoms with Crippen molar-refractivity contribution in [3.05, 3.63) is 30.1 Å². The van der Waals surface area contributed by atoms with E-state index in [1.165, 1.54) is 31.4 Å². The highest BCUT2D eigenvalue weighted by Crippen LogP contribution is 2.47. The lowest BCUT2D eigenvalue weighted by Gasteiger charge is -2.44. The Kier molecular flexibility index (Phi) is 2.70. The molecule has 0 aromatic carbocycles. The van der Waals surface area contributed by atoms with Crippen molar-refractivity contribution in [2.45, 2.75) is 56.5 Å². The number of hydrogen-bond donors (Lipinski definition) is 0. The van der Waals surface area contributed by atoms with Crippen molar-refractivity contribution >= 4 is 0 Å². The molecule has 0 radical (unpaired) electrons. The largest absolute Gasteiger partial charge is 0.375 e. The van der Waals surface area contributed by atoms with Gasteiger partial charge in [-0.25, -0.2) is 0 Å². The first-order chi connectivity index (χ1) is 8.23. The second kappa shape index (κ2) is 4.09. The third-order valence-electron chi connectivity index (χ3n) is 4.57. The topological polar surface area (TPSA) is 22.1 Å². The van der Waals surface area contributed by atoms with Crippen LogP contribution in [0, 0.1) is 0 Å². The van der Waals surface area contributed by atoms with Crippen LogP contribution in [0.4, 0.5) is 0 Å². The first-order valence-electron chi connectivity index (χ1n) is 6.78. The van der Waals surface area contributed by atoms with Crippen LogP contribution < -0.4 is 0 Å². The summed E-state index contributed by atoms with van der Waals surface area (Å²) in [6, 6.07) is 6.27. The molecule has 1 aromatic heterocycles. The van der Waals surface area contributed by atoms with Gasteiger partial charge in [0.05, 0.1) is 5.60 Å². The molecule has 2 heterocycles. The molecule has 2 fully saturated rings. The maximum atomic E-state index is 6.12. The van der Waals surface area contributed by atoms with Gasteiger partial charge in [-0.3, -0.25) is 4.98 Å². The summed E-state index contributed by atoms with van der Waals surface area (Å²) >= 11 is 0. The van der Waals surface area contributed by atoms with Crippen LogP contribution in [0.5, 0.6) is 0 Å². The molecule has 1 spiro atoms. The normalized spacial score (nSPS) is 31.8. The van der Waals surface area contributed by atoms with Gasteiger partial charge in [-0.2, -0.15) is 0 Å². The Bertz CT molecular complexity index is 383. The second-order valence-corrected chi connectivity index (χ2v) is 5.94. The van der Waals surface area contributed by atoms with E-state index >= 15 is 0 Å². The van der Waals surface area contributed by atoms with E-state index < -0.39 is 0 Å². The van der Waals surface area contributed by atoms with Gasteiger partial charge in [-0.05, 0) is 37.8 Å². The van der Waals surface area contributed by atoms with E-state index in [1.807, 2.05) is 12.3 Å². The fourth-order valence-electron chi connectivity index (χ4n) is 3.62. The van der Waals surface area contributed by atoms with Gasteiger partial charge in [0.25, 0.3) is 0 Å². The Labute approximate surface area is 103 Å². The first kappa shape index (κ1) is 11.2. The Morgan fingerprint density at radius 2 is 2.00 bits per heavy atom. The Morgan fingerprint density at radius 3 is 2.71 bits per heavy atom. The molecule has 1 saturated carbocycles. The molecule has 0 amide bonds. The predicted molar refractivity (Wildman–Crippen MR) is 68.0 cm³/mol. The van der Waals surface area contributed by atoms with Crippen LogP contribution in [0.2, 0.25) is 0 Å². The van der Waals surface area contributed by atoms with E-state index in [0.717, 1.165) is 19.4 Å². The van der Waals surface area contributed by atoms with Crippen LogP contribution in [0.25, 0.3) is 0 Å². The number of rotatable bonds is 1. The molecule has 1 aliphatic heterocycles. The maximum Gasteiger partial charge on any atom is 0.0691 e. The molecule has 1 aromatic rings. The Morgan fingerprint density at radius 1 is 1.18 bits per heavy atom. The summed E-state index contributed by atoms with van der Waals surface area (Å²) in [6.45, 7) is 3.25. The molecule has 0 bridgehead atoms. The predicted octanol–water partition coefficient (Wildman–Crippen LogP) is 3.46. The molecule has 92 valence electrons. The van der Waals surface area contributed by atoms with Gasteiger partial charge >= 0.3 is 0 Å². The third-order valence-corrected chi connectivity index (χ3v) is 4.57. The van der Waals surface area contributed by atoms with Crippen LogP contribution in [0.15, 0.2) is 24.4 Å². The van der Waals surface area contributed by atoms with Crippen molar-refractivity contribution in [2.24, 2.45) is 0 Å². The number of hydrogen-bond acceptors (Lipinski definition) is 2. The number of pyridine rings is 1. The summed E-state index contributed by atoms with van der Waals surface area (Å²) in [7, 11) is 0. The molecular formula is C15H21NO. The van der Waals surface area contributed by atoms with E-state index in [4.69, 9.17) is 4.74 Å². The highest BCUT2D eigenvalue weighted by atomic mass is 16.5. The summed E-state index contributed by atoms with van der Waals surface area (Å²) in [5.41, 5.74) is 1.63. The number of ether oxygens (including phenoxy) is 1. The van der Waals surface area contributed by atoms with Gasteiger partial charge in [0.2, 0.25) is 0 Å². The minimum atomic E-state index is 0.171. The lowest BCUT2D eigenvalue weighted by atomic mass is 9.71. The molecule has 1 unspecified atom stereocenters. The molecule has 1 saturated heterocycles. The van der Waals surface area contributed by atoms with Gasteiger partial charge in [-0.1, -0.05) is 25.8 Å². The van der Waals surface area contributed by atoms with Crippen LogP contribution in [-0.2, 0) is 10.2 Å². The highest BCUT2D eigenvalue weighted by Gasteiger charge is 2.46. The molecule has 2 nitrogen and oxygen atoms in total. The zero-order chi connectivity index (χ0) is 11.8. The first-order valence-corrected chi connectivity index (χ1v) is 6.78. The molecule has 3 rings (SSSR count).